The maximum absolute atomic E-state index is 14.0. The number of anilines is 1. The van der Waals surface area contributed by atoms with E-state index in [1.165, 1.54) is 0 Å². The monoisotopic (exact) mass is 282 g/mol. The Morgan fingerprint density at radius 1 is 1.14 bits per heavy atom. The van der Waals surface area contributed by atoms with Gasteiger partial charge < -0.3 is 5.32 Å². The van der Waals surface area contributed by atoms with Crippen molar-refractivity contribution in [1.29, 1.82) is 0 Å². The first kappa shape index (κ1) is 13.4. The van der Waals surface area contributed by atoms with Crippen LogP contribution < -0.4 is 5.32 Å². The van der Waals surface area contributed by atoms with Crippen molar-refractivity contribution in [2.75, 3.05) is 11.9 Å². The van der Waals surface area contributed by atoms with Crippen LogP contribution in [0.1, 0.15) is 12.6 Å². The highest BCUT2D eigenvalue weighted by Crippen LogP contribution is 2.26. The fraction of sp³-hybridized carbons (Fsp3) is 0.188. The molecular formula is C16H15FN4. The van der Waals surface area contributed by atoms with Crippen LogP contribution in [0.5, 0.6) is 0 Å². The topological polar surface area (TPSA) is 50.7 Å². The van der Waals surface area contributed by atoms with Crippen LogP contribution in [0.15, 0.2) is 36.5 Å². The van der Waals surface area contributed by atoms with E-state index in [4.69, 9.17) is 0 Å². The van der Waals surface area contributed by atoms with Crippen LogP contribution >= 0.6 is 0 Å². The van der Waals surface area contributed by atoms with Gasteiger partial charge in [0.1, 0.15) is 5.69 Å². The molecule has 3 aromatic rings. The first-order valence-electron chi connectivity index (χ1n) is 6.83. The van der Waals surface area contributed by atoms with Gasteiger partial charge in [-0.15, -0.1) is 0 Å². The van der Waals surface area contributed by atoms with Gasteiger partial charge >= 0.3 is 0 Å². The van der Waals surface area contributed by atoms with E-state index in [1.54, 1.807) is 13.1 Å². The van der Waals surface area contributed by atoms with Crippen molar-refractivity contribution in [3.8, 4) is 11.5 Å². The molecule has 3 rings (SSSR count). The molecule has 0 aliphatic heterocycles. The van der Waals surface area contributed by atoms with Crippen LogP contribution in [0.2, 0.25) is 0 Å². The first-order chi connectivity index (χ1) is 10.2. The molecule has 0 bridgehead atoms. The van der Waals surface area contributed by atoms with Gasteiger partial charge in [-0.3, -0.25) is 4.98 Å². The molecule has 0 saturated carbocycles. The molecule has 0 aliphatic rings. The molecule has 0 unspecified atom stereocenters. The van der Waals surface area contributed by atoms with Crippen LogP contribution in [-0.4, -0.2) is 21.5 Å². The summed E-state index contributed by atoms with van der Waals surface area (Å²) < 4.78 is 14.0. The van der Waals surface area contributed by atoms with Crippen molar-refractivity contribution in [3.63, 3.8) is 0 Å². The number of aromatic nitrogens is 3. The van der Waals surface area contributed by atoms with Gasteiger partial charge in [0.25, 0.3) is 0 Å². The lowest BCUT2D eigenvalue weighted by Gasteiger charge is -2.09. The van der Waals surface area contributed by atoms with Crippen LogP contribution in [-0.2, 0) is 0 Å². The van der Waals surface area contributed by atoms with E-state index >= 15 is 0 Å². The van der Waals surface area contributed by atoms with Gasteiger partial charge in [0.15, 0.2) is 17.5 Å². The first-order valence-corrected chi connectivity index (χ1v) is 6.83. The second-order valence-electron chi connectivity index (χ2n) is 4.71. The Balaban J connectivity index is 2.23. The van der Waals surface area contributed by atoms with Crippen molar-refractivity contribution in [1.82, 2.24) is 15.0 Å². The van der Waals surface area contributed by atoms with Crippen molar-refractivity contribution in [2.45, 2.75) is 13.8 Å². The smallest absolute Gasteiger partial charge is 0.186 e. The molecule has 5 heteroatoms. The van der Waals surface area contributed by atoms with Crippen molar-refractivity contribution in [2.24, 2.45) is 0 Å². The third kappa shape index (κ3) is 2.42. The van der Waals surface area contributed by atoms with Gasteiger partial charge in [0, 0.05) is 18.1 Å². The Labute approximate surface area is 122 Å². The number of fused-ring (bicyclic) bond motifs is 1. The maximum atomic E-state index is 14.0. The van der Waals surface area contributed by atoms with E-state index < -0.39 is 5.82 Å². The van der Waals surface area contributed by atoms with E-state index in [9.17, 15) is 4.39 Å². The summed E-state index contributed by atoms with van der Waals surface area (Å²) in [5, 5.41) is 4.93. The van der Waals surface area contributed by atoms with Crippen molar-refractivity contribution < 1.29 is 4.39 Å². The second kappa shape index (κ2) is 5.44. The summed E-state index contributed by atoms with van der Waals surface area (Å²) in [5.41, 5.74) is 0.973. The lowest BCUT2D eigenvalue weighted by atomic mass is 10.1. The molecule has 1 N–H and O–H groups in total. The lowest BCUT2D eigenvalue weighted by Crippen LogP contribution is -2.07. The number of aryl methyl sites for hydroxylation is 1. The van der Waals surface area contributed by atoms with E-state index in [0.29, 0.717) is 23.8 Å². The molecule has 0 saturated heterocycles. The van der Waals surface area contributed by atoms with Crippen LogP contribution in [0, 0.1) is 12.7 Å². The molecule has 0 fully saturated rings. The fourth-order valence-electron chi connectivity index (χ4n) is 2.25. The Kier molecular flexibility index (Phi) is 3.48. The maximum Gasteiger partial charge on any atom is 0.186 e. The number of rotatable bonds is 3. The van der Waals surface area contributed by atoms with E-state index in [1.807, 2.05) is 37.3 Å². The fourth-order valence-corrected chi connectivity index (χ4v) is 2.25. The predicted octanol–water partition coefficient (Wildman–Crippen LogP) is 3.57. The standard InChI is InChI=1S/C16H15FN4/c1-3-18-15-13(17)10(2)20-16(21-15)14-12-7-5-4-6-11(12)8-9-19-14/h4-9H,3H2,1-2H3,(H,18,20,21). The van der Waals surface area contributed by atoms with Gasteiger partial charge in [-0.2, -0.15) is 0 Å². The highest BCUT2D eigenvalue weighted by atomic mass is 19.1. The highest BCUT2D eigenvalue weighted by molar-refractivity contribution is 5.92. The second-order valence-corrected chi connectivity index (χ2v) is 4.71. The summed E-state index contributed by atoms with van der Waals surface area (Å²) in [7, 11) is 0. The summed E-state index contributed by atoms with van der Waals surface area (Å²) in [6, 6.07) is 9.80. The minimum Gasteiger partial charge on any atom is -0.368 e. The zero-order chi connectivity index (χ0) is 14.8. The van der Waals surface area contributed by atoms with E-state index in [0.717, 1.165) is 10.8 Å². The molecule has 2 aromatic heterocycles. The largest absolute Gasteiger partial charge is 0.368 e. The van der Waals surface area contributed by atoms with Crippen molar-refractivity contribution >= 4 is 16.6 Å². The van der Waals surface area contributed by atoms with Gasteiger partial charge in [0.05, 0.1) is 5.69 Å². The minimum atomic E-state index is -0.416. The SMILES string of the molecule is CCNc1nc(-c2nccc3ccccc23)nc(C)c1F. The zero-order valence-electron chi connectivity index (χ0n) is 11.9. The number of nitrogens with zero attached hydrogens (tertiary/aromatic N) is 3. The summed E-state index contributed by atoms with van der Waals surface area (Å²) in [6.07, 6.45) is 1.71. The Morgan fingerprint density at radius 3 is 2.76 bits per heavy atom. The van der Waals surface area contributed by atoms with Gasteiger partial charge in [-0.25, -0.2) is 14.4 Å². The third-order valence-electron chi connectivity index (χ3n) is 3.25. The predicted molar refractivity (Wildman–Crippen MR) is 81.6 cm³/mol. The van der Waals surface area contributed by atoms with Gasteiger partial charge in [-0.05, 0) is 25.3 Å². The quantitative estimate of drug-likeness (QED) is 0.798. The summed E-state index contributed by atoms with van der Waals surface area (Å²) in [4.78, 5) is 12.9. The highest BCUT2D eigenvalue weighted by Gasteiger charge is 2.14. The molecule has 21 heavy (non-hydrogen) atoms. The molecule has 4 nitrogen and oxygen atoms in total. The van der Waals surface area contributed by atoms with Crippen molar-refractivity contribution in [3.05, 3.63) is 48.0 Å². The summed E-state index contributed by atoms with van der Waals surface area (Å²) in [5.74, 6) is 0.234. The summed E-state index contributed by atoms with van der Waals surface area (Å²) >= 11 is 0. The zero-order valence-corrected chi connectivity index (χ0v) is 11.9. The van der Waals surface area contributed by atoms with E-state index in [-0.39, 0.29) is 5.82 Å². The van der Waals surface area contributed by atoms with Gasteiger partial charge in [-0.1, -0.05) is 24.3 Å². The number of hydrogen-bond donors (Lipinski definition) is 1. The number of pyridine rings is 1. The summed E-state index contributed by atoms with van der Waals surface area (Å²) in [6.45, 7) is 4.12. The van der Waals surface area contributed by atoms with Crippen LogP contribution in [0.25, 0.3) is 22.3 Å². The Hall–Kier alpha value is -2.56. The molecule has 2 heterocycles. The molecular weight excluding hydrogens is 267 g/mol. The molecule has 0 atom stereocenters. The lowest BCUT2D eigenvalue weighted by molar-refractivity contribution is 0.606. The molecule has 0 amide bonds. The number of benzene rings is 1. The van der Waals surface area contributed by atoms with Crippen LogP contribution in [0.3, 0.4) is 0 Å². The Morgan fingerprint density at radius 2 is 1.95 bits per heavy atom. The number of nitrogens with one attached hydrogen (secondary N) is 1. The average molecular weight is 282 g/mol. The van der Waals surface area contributed by atoms with Gasteiger partial charge in [0.2, 0.25) is 0 Å². The Bertz CT molecular complexity index is 796. The molecule has 0 spiro atoms. The molecule has 106 valence electrons. The van der Waals surface area contributed by atoms with E-state index in [2.05, 4.69) is 20.3 Å². The van der Waals surface area contributed by atoms with Crippen LogP contribution in [0.4, 0.5) is 10.2 Å². The minimum absolute atomic E-state index is 0.217. The number of hydrogen-bond acceptors (Lipinski definition) is 4. The molecule has 0 radical (unpaired) electrons. The molecule has 0 aliphatic carbocycles. The molecule has 1 aromatic carbocycles. The number of halogens is 1. The average Bonchev–Trinajstić information content (AvgIpc) is 2.51. The third-order valence-corrected chi connectivity index (χ3v) is 3.25. The normalized spacial score (nSPS) is 10.8.